The Kier molecular flexibility index (Phi) is 4.56. The molecule has 2 amide bonds. The van der Waals surface area contributed by atoms with Gasteiger partial charge in [0, 0.05) is 6.92 Å². The summed E-state index contributed by atoms with van der Waals surface area (Å²) in [5.74, 6) is -2.16. The number of hydrogen-bond donors (Lipinski definition) is 3. The average molecular weight is 351 g/mol. The van der Waals surface area contributed by atoms with Crippen LogP contribution in [-0.4, -0.2) is 75.3 Å². The lowest BCUT2D eigenvalue weighted by atomic mass is 9.95. The van der Waals surface area contributed by atoms with E-state index < -0.39 is 55.0 Å². The molecule has 0 aliphatic carbocycles. The maximum atomic E-state index is 12.6. The molecule has 1 fully saturated rings. The van der Waals surface area contributed by atoms with E-state index in [1.165, 1.54) is 12.1 Å². The van der Waals surface area contributed by atoms with E-state index in [-0.39, 0.29) is 11.1 Å². The van der Waals surface area contributed by atoms with Gasteiger partial charge in [-0.1, -0.05) is 12.1 Å². The monoisotopic (exact) mass is 351 g/mol. The van der Waals surface area contributed by atoms with Crippen molar-refractivity contribution in [3.63, 3.8) is 0 Å². The lowest BCUT2D eigenvalue weighted by Crippen LogP contribution is -2.66. The zero-order chi connectivity index (χ0) is 18.3. The minimum atomic E-state index is -1.67. The van der Waals surface area contributed by atoms with Crippen molar-refractivity contribution in [1.82, 2.24) is 4.90 Å². The Balaban J connectivity index is 1.99. The Morgan fingerprint density at radius 1 is 1.16 bits per heavy atom. The number of fused-ring (bicyclic) bond motifs is 1. The number of carbonyl (C=O) groups is 3. The second kappa shape index (κ2) is 6.52. The molecule has 0 spiro atoms. The van der Waals surface area contributed by atoms with Gasteiger partial charge in [0.15, 0.2) is 0 Å². The fourth-order valence-corrected chi connectivity index (χ4v) is 3.08. The standard InChI is InChI=1S/C16H17NO8/c1-7(19)24-16-11(13(21)12(20)10(6-18)25-16)17-14(22)8-4-2-3-5-9(8)15(17)23/h2-5,10-13,16,18,20-21H,6H2,1H3/t10-,11-,12+,13-,16-/m1/s1. The van der Waals surface area contributed by atoms with Crippen LogP contribution in [0.3, 0.4) is 0 Å². The van der Waals surface area contributed by atoms with E-state index in [1.54, 1.807) is 12.1 Å². The molecule has 1 saturated heterocycles. The molecular weight excluding hydrogens is 334 g/mol. The number of amides is 2. The third-order valence-corrected chi connectivity index (χ3v) is 4.25. The van der Waals surface area contributed by atoms with Crippen molar-refractivity contribution in [3.05, 3.63) is 35.4 Å². The van der Waals surface area contributed by atoms with Crippen LogP contribution in [0.1, 0.15) is 27.6 Å². The number of nitrogens with zero attached hydrogens (tertiary/aromatic N) is 1. The molecule has 1 aromatic rings. The molecule has 9 nitrogen and oxygen atoms in total. The minimum absolute atomic E-state index is 0.139. The third kappa shape index (κ3) is 2.81. The third-order valence-electron chi connectivity index (χ3n) is 4.25. The van der Waals surface area contributed by atoms with Gasteiger partial charge in [-0.25, -0.2) is 0 Å². The highest BCUT2D eigenvalue weighted by molar-refractivity contribution is 6.21. The summed E-state index contributed by atoms with van der Waals surface area (Å²) in [6, 6.07) is 4.64. The summed E-state index contributed by atoms with van der Waals surface area (Å²) in [4.78, 5) is 37.3. The molecule has 5 atom stereocenters. The molecule has 1 aromatic carbocycles. The first kappa shape index (κ1) is 17.5. The van der Waals surface area contributed by atoms with E-state index in [1.807, 2.05) is 0 Å². The van der Waals surface area contributed by atoms with E-state index in [4.69, 9.17) is 9.47 Å². The largest absolute Gasteiger partial charge is 0.433 e. The van der Waals surface area contributed by atoms with E-state index in [0.717, 1.165) is 11.8 Å². The number of aliphatic hydroxyl groups excluding tert-OH is 3. The van der Waals surface area contributed by atoms with Crippen molar-refractivity contribution in [3.8, 4) is 0 Å². The number of hydrogen-bond acceptors (Lipinski definition) is 8. The molecule has 2 heterocycles. The van der Waals surface area contributed by atoms with Gasteiger partial charge in [0.1, 0.15) is 24.4 Å². The maximum Gasteiger partial charge on any atom is 0.305 e. The first-order chi connectivity index (χ1) is 11.9. The normalized spacial score (nSPS) is 31.8. The van der Waals surface area contributed by atoms with Crippen LogP contribution in [0.2, 0.25) is 0 Å². The first-order valence-electron chi connectivity index (χ1n) is 7.63. The molecule has 3 N–H and O–H groups in total. The number of ether oxygens (including phenoxy) is 2. The highest BCUT2D eigenvalue weighted by Crippen LogP contribution is 2.32. The summed E-state index contributed by atoms with van der Waals surface area (Å²) in [6.45, 7) is 0.443. The van der Waals surface area contributed by atoms with Crippen LogP contribution in [0.5, 0.6) is 0 Å². The number of imide groups is 1. The van der Waals surface area contributed by atoms with Crippen molar-refractivity contribution in [1.29, 1.82) is 0 Å². The molecule has 0 saturated carbocycles. The fraction of sp³-hybridized carbons (Fsp3) is 0.438. The molecule has 3 rings (SSSR count). The zero-order valence-electron chi connectivity index (χ0n) is 13.2. The Morgan fingerprint density at radius 3 is 2.20 bits per heavy atom. The van der Waals surface area contributed by atoms with Crippen LogP contribution >= 0.6 is 0 Å². The maximum absolute atomic E-state index is 12.6. The first-order valence-corrected chi connectivity index (χ1v) is 7.63. The van der Waals surface area contributed by atoms with Crippen LogP contribution in [-0.2, 0) is 14.3 Å². The topological polar surface area (TPSA) is 134 Å². The molecule has 0 aromatic heterocycles. The summed E-state index contributed by atoms with van der Waals surface area (Å²) < 4.78 is 10.3. The van der Waals surface area contributed by atoms with Gasteiger partial charge in [-0.05, 0) is 12.1 Å². The second-order valence-corrected chi connectivity index (χ2v) is 5.83. The second-order valence-electron chi connectivity index (χ2n) is 5.83. The Bertz CT molecular complexity index is 685. The van der Waals surface area contributed by atoms with Gasteiger partial charge >= 0.3 is 5.97 Å². The molecule has 2 aliphatic heterocycles. The van der Waals surface area contributed by atoms with Gasteiger partial charge in [0.05, 0.1) is 17.7 Å². The van der Waals surface area contributed by atoms with Crippen LogP contribution in [0.4, 0.5) is 0 Å². The molecule has 134 valence electrons. The average Bonchev–Trinajstić information content (AvgIpc) is 2.83. The van der Waals surface area contributed by atoms with Gasteiger partial charge in [0.25, 0.3) is 11.8 Å². The quantitative estimate of drug-likeness (QED) is 0.450. The summed E-state index contributed by atoms with van der Waals surface area (Å²) in [5.41, 5.74) is 0.278. The summed E-state index contributed by atoms with van der Waals surface area (Å²) in [5, 5.41) is 29.7. The summed E-state index contributed by atoms with van der Waals surface area (Å²) in [7, 11) is 0. The Hall–Kier alpha value is -2.33. The van der Waals surface area contributed by atoms with Gasteiger partial charge in [-0.15, -0.1) is 0 Å². The van der Waals surface area contributed by atoms with Gasteiger partial charge < -0.3 is 24.8 Å². The predicted octanol–water partition coefficient (Wildman–Crippen LogP) is -1.35. The van der Waals surface area contributed by atoms with Gasteiger partial charge in [-0.2, -0.15) is 0 Å². The lowest BCUT2D eigenvalue weighted by molar-refractivity contribution is -0.271. The van der Waals surface area contributed by atoms with Gasteiger partial charge in [-0.3, -0.25) is 19.3 Å². The van der Waals surface area contributed by atoms with Crippen molar-refractivity contribution >= 4 is 17.8 Å². The molecule has 9 heteroatoms. The van der Waals surface area contributed by atoms with Crippen molar-refractivity contribution in [2.45, 2.75) is 37.6 Å². The van der Waals surface area contributed by atoms with Gasteiger partial charge in [0.2, 0.25) is 6.29 Å². The van der Waals surface area contributed by atoms with E-state index >= 15 is 0 Å². The minimum Gasteiger partial charge on any atom is -0.433 e. The smallest absolute Gasteiger partial charge is 0.305 e. The van der Waals surface area contributed by atoms with Crippen molar-refractivity contribution < 1.29 is 39.2 Å². The molecule has 0 bridgehead atoms. The molecule has 0 radical (unpaired) electrons. The van der Waals surface area contributed by atoms with Crippen LogP contribution in [0.15, 0.2) is 24.3 Å². The van der Waals surface area contributed by atoms with E-state index in [9.17, 15) is 29.7 Å². The summed E-state index contributed by atoms with van der Waals surface area (Å²) >= 11 is 0. The number of rotatable bonds is 3. The predicted molar refractivity (Wildman–Crippen MR) is 80.3 cm³/mol. The van der Waals surface area contributed by atoms with Crippen LogP contribution in [0, 0.1) is 0 Å². The van der Waals surface area contributed by atoms with Crippen molar-refractivity contribution in [2.75, 3.05) is 6.61 Å². The Morgan fingerprint density at radius 2 is 1.72 bits per heavy atom. The van der Waals surface area contributed by atoms with Crippen molar-refractivity contribution in [2.24, 2.45) is 0 Å². The number of carbonyl (C=O) groups excluding carboxylic acids is 3. The fourth-order valence-electron chi connectivity index (χ4n) is 3.08. The zero-order valence-corrected chi connectivity index (χ0v) is 13.2. The van der Waals surface area contributed by atoms with E-state index in [2.05, 4.69) is 0 Å². The number of benzene rings is 1. The highest BCUT2D eigenvalue weighted by atomic mass is 16.7. The summed E-state index contributed by atoms with van der Waals surface area (Å²) in [6.07, 6.45) is -6.00. The Labute approximate surface area is 142 Å². The highest BCUT2D eigenvalue weighted by Gasteiger charge is 2.54. The molecule has 25 heavy (non-hydrogen) atoms. The SMILES string of the molecule is CC(=O)O[C@@H]1O[C@H](CO)[C@H](O)[C@H](O)[C@H]1N1C(=O)c2ccccc2C1=O. The molecular formula is C16H17NO8. The number of esters is 1. The molecule has 2 aliphatic rings. The van der Waals surface area contributed by atoms with Crippen LogP contribution in [0.25, 0.3) is 0 Å². The number of aliphatic hydroxyl groups is 3. The molecule has 0 unspecified atom stereocenters. The van der Waals surface area contributed by atoms with E-state index in [0.29, 0.717) is 0 Å². The van der Waals surface area contributed by atoms with Crippen LogP contribution < -0.4 is 0 Å². The lowest BCUT2D eigenvalue weighted by Gasteiger charge is -2.44.